The van der Waals surface area contributed by atoms with Crippen molar-refractivity contribution in [3.05, 3.63) is 28.2 Å². The van der Waals surface area contributed by atoms with E-state index in [-0.39, 0.29) is 11.4 Å². The van der Waals surface area contributed by atoms with Crippen molar-refractivity contribution in [3.63, 3.8) is 0 Å². The van der Waals surface area contributed by atoms with Crippen molar-refractivity contribution in [3.8, 4) is 5.75 Å². The predicted octanol–water partition coefficient (Wildman–Crippen LogP) is 5.25. The topological polar surface area (TPSA) is 26.3 Å². The fourth-order valence-corrected chi connectivity index (χ4v) is 3.61. The maximum absolute atomic E-state index is 12.5. The van der Waals surface area contributed by atoms with Gasteiger partial charge in [0.1, 0.15) is 11.4 Å². The van der Waals surface area contributed by atoms with E-state index in [0.717, 1.165) is 28.6 Å². The molecule has 2 rings (SSSR count). The summed E-state index contributed by atoms with van der Waals surface area (Å²) in [5, 5.41) is 0. The van der Waals surface area contributed by atoms with Crippen LogP contribution in [0.3, 0.4) is 0 Å². The largest absolute Gasteiger partial charge is 0.486 e. The van der Waals surface area contributed by atoms with Gasteiger partial charge in [0.25, 0.3) is 0 Å². The lowest BCUT2D eigenvalue weighted by Crippen LogP contribution is -2.44. The molecule has 110 valence electrons. The molecule has 1 aromatic carbocycles. The highest BCUT2D eigenvalue weighted by molar-refractivity contribution is 9.10. The third-order valence-corrected chi connectivity index (χ3v) is 4.11. The van der Waals surface area contributed by atoms with E-state index in [1.54, 1.807) is 0 Å². The average Bonchev–Trinajstić information content (AvgIpc) is 2.25. The van der Waals surface area contributed by atoms with Gasteiger partial charge in [0.05, 0.1) is 12.0 Å². The zero-order valence-corrected chi connectivity index (χ0v) is 14.3. The lowest BCUT2D eigenvalue weighted by Gasteiger charge is -2.40. The number of hydrogen-bond donors (Lipinski definition) is 0. The first-order valence-electron chi connectivity index (χ1n) is 7.33. The summed E-state index contributed by atoms with van der Waals surface area (Å²) in [6, 6.07) is 5.68. The van der Waals surface area contributed by atoms with Gasteiger partial charge in [-0.2, -0.15) is 0 Å². The van der Waals surface area contributed by atoms with E-state index >= 15 is 0 Å². The predicted molar refractivity (Wildman–Crippen MR) is 85.4 cm³/mol. The van der Waals surface area contributed by atoms with Crippen LogP contribution in [-0.2, 0) is 0 Å². The summed E-state index contributed by atoms with van der Waals surface area (Å²) in [5.74, 6) is 1.96. The fourth-order valence-electron chi connectivity index (χ4n) is 3.27. The van der Waals surface area contributed by atoms with Gasteiger partial charge in [-0.1, -0.05) is 43.6 Å². The Morgan fingerprint density at radius 2 is 1.80 bits per heavy atom. The first kappa shape index (κ1) is 15.6. The molecule has 0 N–H and O–H groups in total. The van der Waals surface area contributed by atoms with Gasteiger partial charge in [-0.25, -0.2) is 0 Å². The zero-order valence-electron chi connectivity index (χ0n) is 12.7. The number of hydrogen-bond acceptors (Lipinski definition) is 2. The first-order valence-corrected chi connectivity index (χ1v) is 8.12. The fraction of sp³-hybridized carbons (Fsp3) is 0.588. The van der Waals surface area contributed by atoms with Crippen LogP contribution in [-0.4, -0.2) is 11.4 Å². The summed E-state index contributed by atoms with van der Waals surface area (Å²) < 4.78 is 7.29. The highest BCUT2D eigenvalue weighted by Crippen LogP contribution is 2.41. The molecule has 0 unspecified atom stereocenters. The average molecular weight is 339 g/mol. The van der Waals surface area contributed by atoms with Crippen molar-refractivity contribution in [2.75, 3.05) is 0 Å². The molecule has 0 bridgehead atoms. The summed E-state index contributed by atoms with van der Waals surface area (Å²) >= 11 is 3.46. The van der Waals surface area contributed by atoms with Crippen molar-refractivity contribution in [2.24, 2.45) is 11.8 Å². The van der Waals surface area contributed by atoms with Crippen LogP contribution >= 0.6 is 15.9 Å². The second-order valence-electron chi connectivity index (χ2n) is 6.72. The molecule has 0 radical (unpaired) electrons. The number of carbonyl (C=O) groups excluding carboxylic acids is 1. The van der Waals surface area contributed by atoms with E-state index in [2.05, 4.69) is 43.6 Å². The van der Waals surface area contributed by atoms with Crippen molar-refractivity contribution >= 4 is 21.7 Å². The Morgan fingerprint density at radius 1 is 1.20 bits per heavy atom. The molecule has 1 aliphatic heterocycles. The van der Waals surface area contributed by atoms with E-state index in [1.807, 2.05) is 18.2 Å². The molecular formula is C17H23BrO2. The van der Waals surface area contributed by atoms with Crippen LogP contribution in [0, 0.1) is 11.8 Å². The van der Waals surface area contributed by atoms with Gasteiger partial charge in [0.15, 0.2) is 5.78 Å². The second-order valence-corrected chi connectivity index (χ2v) is 7.64. The SMILES string of the molecule is CC(C)CC1(CC(C)C)CC(=O)c2ccc(Br)cc2O1. The van der Waals surface area contributed by atoms with Gasteiger partial charge >= 0.3 is 0 Å². The molecule has 3 heteroatoms. The Balaban J connectivity index is 2.38. The number of carbonyl (C=O) groups is 1. The third-order valence-electron chi connectivity index (χ3n) is 3.61. The summed E-state index contributed by atoms with van der Waals surface area (Å²) in [4.78, 5) is 12.5. The van der Waals surface area contributed by atoms with Gasteiger partial charge < -0.3 is 4.74 Å². The van der Waals surface area contributed by atoms with Crippen LogP contribution in [0.25, 0.3) is 0 Å². The minimum Gasteiger partial charge on any atom is -0.486 e. The molecule has 0 saturated carbocycles. The first-order chi connectivity index (χ1) is 9.31. The molecule has 0 amide bonds. The van der Waals surface area contributed by atoms with Crippen LogP contribution < -0.4 is 4.74 Å². The Bertz CT molecular complexity index is 496. The number of ketones is 1. The zero-order chi connectivity index (χ0) is 14.9. The molecule has 0 aromatic heterocycles. The quantitative estimate of drug-likeness (QED) is 0.749. The molecule has 0 saturated heterocycles. The molecule has 1 aromatic rings. The van der Waals surface area contributed by atoms with Crippen LogP contribution in [0.15, 0.2) is 22.7 Å². The lowest BCUT2D eigenvalue weighted by atomic mass is 9.78. The second kappa shape index (κ2) is 5.88. The van der Waals surface area contributed by atoms with Crippen LogP contribution in [0.1, 0.15) is 57.3 Å². The highest BCUT2D eigenvalue weighted by Gasteiger charge is 2.41. The Labute approximate surface area is 130 Å². The molecule has 1 heterocycles. The third kappa shape index (κ3) is 3.43. The number of Topliss-reactive ketones (excluding diaryl/α,β-unsaturated/α-hetero) is 1. The van der Waals surface area contributed by atoms with Crippen molar-refractivity contribution < 1.29 is 9.53 Å². The Kier molecular flexibility index (Phi) is 4.58. The minimum atomic E-state index is -0.340. The van der Waals surface area contributed by atoms with E-state index in [4.69, 9.17) is 4.74 Å². The number of rotatable bonds is 4. The van der Waals surface area contributed by atoms with Crippen molar-refractivity contribution in [1.29, 1.82) is 0 Å². The summed E-state index contributed by atoms with van der Waals surface area (Å²) in [7, 11) is 0. The molecule has 2 nitrogen and oxygen atoms in total. The highest BCUT2D eigenvalue weighted by atomic mass is 79.9. The van der Waals surface area contributed by atoms with Crippen LogP contribution in [0.4, 0.5) is 0 Å². The van der Waals surface area contributed by atoms with Gasteiger partial charge in [-0.15, -0.1) is 0 Å². The van der Waals surface area contributed by atoms with E-state index in [9.17, 15) is 4.79 Å². The van der Waals surface area contributed by atoms with E-state index in [0.29, 0.717) is 18.3 Å². The van der Waals surface area contributed by atoms with Crippen molar-refractivity contribution in [2.45, 2.75) is 52.6 Å². The summed E-state index contributed by atoms with van der Waals surface area (Å²) in [5.41, 5.74) is 0.379. The maximum Gasteiger partial charge on any atom is 0.170 e. The standard InChI is InChI=1S/C17H23BrO2/c1-11(2)8-17(9-12(3)4)10-15(19)14-6-5-13(18)7-16(14)20-17/h5-7,11-12H,8-10H2,1-4H3. The van der Waals surface area contributed by atoms with Crippen LogP contribution in [0.2, 0.25) is 0 Å². The smallest absolute Gasteiger partial charge is 0.170 e. The molecule has 0 aliphatic carbocycles. The molecule has 0 fully saturated rings. The lowest BCUT2D eigenvalue weighted by molar-refractivity contribution is 0.0105. The number of halogens is 1. The van der Waals surface area contributed by atoms with E-state index < -0.39 is 0 Å². The Hall–Kier alpha value is -0.830. The normalized spacial score (nSPS) is 17.2. The monoisotopic (exact) mass is 338 g/mol. The summed E-state index contributed by atoms with van der Waals surface area (Å²) in [6.45, 7) is 8.75. The minimum absolute atomic E-state index is 0.208. The Morgan fingerprint density at radius 3 is 2.35 bits per heavy atom. The van der Waals surface area contributed by atoms with Gasteiger partial charge in [0, 0.05) is 4.47 Å². The molecule has 0 spiro atoms. The van der Waals surface area contributed by atoms with Gasteiger partial charge in [-0.05, 0) is 42.9 Å². The molecule has 1 aliphatic rings. The maximum atomic E-state index is 12.5. The number of ether oxygens (including phenoxy) is 1. The van der Waals surface area contributed by atoms with E-state index in [1.165, 1.54) is 0 Å². The number of fused-ring (bicyclic) bond motifs is 1. The molecular weight excluding hydrogens is 316 g/mol. The molecule has 0 atom stereocenters. The van der Waals surface area contributed by atoms with Crippen molar-refractivity contribution in [1.82, 2.24) is 0 Å². The van der Waals surface area contributed by atoms with Gasteiger partial charge in [-0.3, -0.25) is 4.79 Å². The van der Waals surface area contributed by atoms with Crippen LogP contribution in [0.5, 0.6) is 5.75 Å². The molecule has 20 heavy (non-hydrogen) atoms. The number of benzene rings is 1. The van der Waals surface area contributed by atoms with Gasteiger partial charge in [0.2, 0.25) is 0 Å². The summed E-state index contributed by atoms with van der Waals surface area (Å²) in [6.07, 6.45) is 2.34.